The fraction of sp³-hybridized carbons (Fsp3) is 0.0200. The van der Waals surface area contributed by atoms with Crippen molar-refractivity contribution in [3.8, 4) is 28.2 Å². The summed E-state index contributed by atoms with van der Waals surface area (Å²) in [4.78, 5) is 5.46. The van der Waals surface area contributed by atoms with E-state index >= 15 is 0 Å². The van der Waals surface area contributed by atoms with Crippen LogP contribution in [0.25, 0.3) is 82.8 Å². The minimum absolute atomic E-state index is 0.556. The zero-order chi connectivity index (χ0) is 35.1. The topological polar surface area (TPSA) is 27.7 Å². The molecule has 1 aliphatic heterocycles. The number of rotatable bonds is 2. The SMILES string of the molecule is c1ccc2c(c1)-c1ccccc1C21c2cc(-n3c4ccccc4c4cc(-n5c6ccccc6c6ccccc65)ccc43)ccc2-n2c1nc1ccccc12. The number of benzene rings is 8. The van der Waals surface area contributed by atoms with Crippen molar-refractivity contribution in [2.45, 2.75) is 5.41 Å². The van der Waals surface area contributed by atoms with Crippen molar-refractivity contribution in [3.63, 3.8) is 0 Å². The number of imidazole rings is 1. The molecular weight excluding hydrogens is 657 g/mol. The quantitative estimate of drug-likeness (QED) is 0.178. The normalized spacial score (nSPS) is 13.7. The Hall–Kier alpha value is -7.17. The van der Waals surface area contributed by atoms with Crippen LogP contribution in [0.2, 0.25) is 0 Å². The van der Waals surface area contributed by atoms with Crippen molar-refractivity contribution in [3.05, 3.63) is 205 Å². The average Bonchev–Trinajstić information content (AvgIpc) is 4.01. The van der Waals surface area contributed by atoms with Crippen LogP contribution >= 0.6 is 0 Å². The van der Waals surface area contributed by atoms with Gasteiger partial charge < -0.3 is 9.13 Å². The van der Waals surface area contributed by atoms with E-state index in [1.54, 1.807) is 0 Å². The molecule has 1 spiro atoms. The lowest BCUT2D eigenvalue weighted by atomic mass is 9.73. The maximum atomic E-state index is 5.46. The molecule has 0 radical (unpaired) electrons. The third kappa shape index (κ3) is 3.33. The molecule has 0 bridgehead atoms. The monoisotopic (exact) mass is 686 g/mol. The number of hydrogen-bond acceptors (Lipinski definition) is 1. The van der Waals surface area contributed by atoms with E-state index in [0.717, 1.165) is 28.2 Å². The molecule has 0 fully saturated rings. The zero-order valence-electron chi connectivity index (χ0n) is 29.1. The van der Waals surface area contributed by atoms with Crippen LogP contribution in [0.15, 0.2) is 182 Å². The highest BCUT2D eigenvalue weighted by Gasteiger charge is 2.54. The van der Waals surface area contributed by atoms with Gasteiger partial charge in [-0.3, -0.25) is 4.57 Å². The van der Waals surface area contributed by atoms with Crippen molar-refractivity contribution < 1.29 is 0 Å². The Balaban J connectivity index is 1.10. The molecule has 11 aromatic rings. The van der Waals surface area contributed by atoms with Gasteiger partial charge in [0, 0.05) is 38.5 Å². The lowest BCUT2D eigenvalue weighted by molar-refractivity contribution is 0.737. The van der Waals surface area contributed by atoms with E-state index in [0.29, 0.717) is 0 Å². The van der Waals surface area contributed by atoms with Crippen molar-refractivity contribution in [1.29, 1.82) is 0 Å². The van der Waals surface area contributed by atoms with Gasteiger partial charge in [-0.15, -0.1) is 0 Å². The van der Waals surface area contributed by atoms with Crippen LogP contribution in [0.4, 0.5) is 0 Å². The summed E-state index contributed by atoms with van der Waals surface area (Å²) in [7, 11) is 0. The molecule has 0 saturated heterocycles. The van der Waals surface area contributed by atoms with E-state index in [1.165, 1.54) is 77.1 Å². The van der Waals surface area contributed by atoms with Crippen LogP contribution in [0.5, 0.6) is 0 Å². The van der Waals surface area contributed by atoms with Gasteiger partial charge in [-0.05, 0) is 89.0 Å². The molecule has 1 aliphatic carbocycles. The fourth-order valence-electron chi connectivity index (χ4n) is 10.1. The third-order valence-electron chi connectivity index (χ3n) is 12.2. The van der Waals surface area contributed by atoms with Crippen LogP contribution in [0.3, 0.4) is 0 Å². The highest BCUT2D eigenvalue weighted by Crippen LogP contribution is 2.60. The lowest BCUT2D eigenvalue weighted by Gasteiger charge is -2.27. The summed E-state index contributed by atoms with van der Waals surface area (Å²) in [6, 6.07) is 66.8. The van der Waals surface area contributed by atoms with Gasteiger partial charge in [0.25, 0.3) is 0 Å². The van der Waals surface area contributed by atoms with Gasteiger partial charge in [0.1, 0.15) is 11.2 Å². The summed E-state index contributed by atoms with van der Waals surface area (Å²) in [5, 5.41) is 5.01. The van der Waals surface area contributed by atoms with Gasteiger partial charge in [0.15, 0.2) is 0 Å². The van der Waals surface area contributed by atoms with Crippen LogP contribution < -0.4 is 0 Å². The molecule has 4 nitrogen and oxygen atoms in total. The lowest BCUT2D eigenvalue weighted by Crippen LogP contribution is -2.27. The number of hydrogen-bond donors (Lipinski definition) is 0. The van der Waals surface area contributed by atoms with Crippen molar-refractivity contribution in [2.24, 2.45) is 0 Å². The summed E-state index contributed by atoms with van der Waals surface area (Å²) >= 11 is 0. The van der Waals surface area contributed by atoms with E-state index in [4.69, 9.17) is 4.98 Å². The Bertz CT molecular complexity index is 3310. The first-order chi connectivity index (χ1) is 26.8. The van der Waals surface area contributed by atoms with Crippen molar-refractivity contribution >= 4 is 54.6 Å². The van der Waals surface area contributed by atoms with Gasteiger partial charge in [-0.2, -0.15) is 0 Å². The van der Waals surface area contributed by atoms with E-state index in [2.05, 4.69) is 196 Å². The van der Waals surface area contributed by atoms with Gasteiger partial charge in [-0.1, -0.05) is 115 Å². The molecule has 54 heavy (non-hydrogen) atoms. The maximum absolute atomic E-state index is 5.46. The largest absolute Gasteiger partial charge is 0.309 e. The van der Waals surface area contributed by atoms with Gasteiger partial charge >= 0.3 is 0 Å². The number of para-hydroxylation sites is 5. The first-order valence-corrected chi connectivity index (χ1v) is 18.6. The summed E-state index contributed by atoms with van der Waals surface area (Å²) in [5.74, 6) is 1.06. The van der Waals surface area contributed by atoms with E-state index < -0.39 is 5.41 Å². The van der Waals surface area contributed by atoms with E-state index in [9.17, 15) is 0 Å². The number of nitrogens with zero attached hydrogens (tertiary/aromatic N) is 4. The van der Waals surface area contributed by atoms with Gasteiger partial charge in [0.05, 0.1) is 38.8 Å². The molecule has 3 aromatic heterocycles. The predicted octanol–water partition coefficient (Wildman–Crippen LogP) is 11.9. The molecule has 4 heteroatoms. The standard InChI is InChI=1S/C50H30N4/c1-6-18-39-33(13-1)34-14-2-7-19-40(34)50(39)41-30-32(26-28-47(41)54-48-24-12-8-20-42(48)51-49(50)54)53-45-23-11-5-17-37(45)38-29-31(25-27-46(38)53)52-43-21-9-3-15-35(43)36-16-4-10-22-44(36)52/h1-30H. The van der Waals surface area contributed by atoms with Crippen LogP contribution in [0.1, 0.15) is 22.5 Å². The van der Waals surface area contributed by atoms with Crippen molar-refractivity contribution in [2.75, 3.05) is 0 Å². The fourth-order valence-corrected chi connectivity index (χ4v) is 10.1. The summed E-state index contributed by atoms with van der Waals surface area (Å²) in [6.07, 6.45) is 0. The Morgan fingerprint density at radius 3 is 1.48 bits per heavy atom. The average molecular weight is 687 g/mol. The smallest absolute Gasteiger partial charge is 0.134 e. The maximum Gasteiger partial charge on any atom is 0.134 e. The Kier molecular flexibility index (Phi) is 5.28. The van der Waals surface area contributed by atoms with Gasteiger partial charge in [0.2, 0.25) is 0 Å². The van der Waals surface area contributed by atoms with Crippen LogP contribution in [-0.4, -0.2) is 18.7 Å². The van der Waals surface area contributed by atoms with Crippen molar-refractivity contribution in [1.82, 2.24) is 18.7 Å². The second-order valence-electron chi connectivity index (χ2n) is 14.7. The first-order valence-electron chi connectivity index (χ1n) is 18.6. The number of aromatic nitrogens is 4. The Morgan fingerprint density at radius 1 is 0.352 bits per heavy atom. The highest BCUT2D eigenvalue weighted by molar-refractivity contribution is 6.12. The molecule has 8 aromatic carbocycles. The van der Waals surface area contributed by atoms with E-state index in [-0.39, 0.29) is 0 Å². The highest BCUT2D eigenvalue weighted by atomic mass is 15.1. The predicted molar refractivity (Wildman–Crippen MR) is 221 cm³/mol. The van der Waals surface area contributed by atoms with Crippen LogP contribution in [0, 0.1) is 0 Å². The summed E-state index contributed by atoms with van der Waals surface area (Å²) < 4.78 is 7.29. The first kappa shape index (κ1) is 28.4. The second kappa shape index (κ2) is 10.0. The van der Waals surface area contributed by atoms with Gasteiger partial charge in [-0.25, -0.2) is 4.98 Å². The Labute approximate surface area is 310 Å². The minimum atomic E-state index is -0.556. The molecule has 0 saturated carbocycles. The molecule has 2 aliphatic rings. The number of fused-ring (bicyclic) bond motifs is 18. The molecule has 0 N–H and O–H groups in total. The zero-order valence-corrected chi connectivity index (χ0v) is 29.1. The molecule has 0 atom stereocenters. The molecular formula is C50H30N4. The molecule has 250 valence electrons. The van der Waals surface area contributed by atoms with E-state index in [1.807, 2.05) is 0 Å². The molecule has 0 unspecified atom stereocenters. The minimum Gasteiger partial charge on any atom is -0.309 e. The van der Waals surface area contributed by atoms with Crippen LogP contribution in [-0.2, 0) is 5.41 Å². The summed E-state index contributed by atoms with van der Waals surface area (Å²) in [5.41, 5.74) is 16.3. The molecule has 4 heterocycles. The molecule has 0 amide bonds. The second-order valence-corrected chi connectivity index (χ2v) is 14.7. The Morgan fingerprint density at radius 2 is 0.833 bits per heavy atom. The molecule has 13 rings (SSSR count). The summed E-state index contributed by atoms with van der Waals surface area (Å²) in [6.45, 7) is 0. The third-order valence-corrected chi connectivity index (χ3v) is 12.2.